The first-order chi connectivity index (χ1) is 14.7. The number of aldehydes is 2. The van der Waals surface area contributed by atoms with E-state index in [-0.39, 0.29) is 5.92 Å². The molecule has 157 valence electrons. The maximum absolute atomic E-state index is 12.0. The Morgan fingerprint density at radius 3 is 2.27 bits per heavy atom. The zero-order chi connectivity index (χ0) is 21.3. The molecule has 0 aliphatic carbocycles. The summed E-state index contributed by atoms with van der Waals surface area (Å²) in [6.45, 7) is 4.48. The molecular formula is C25H31N2O2Sn. The van der Waals surface area contributed by atoms with E-state index in [1.807, 2.05) is 24.3 Å². The zero-order valence-corrected chi connectivity index (χ0v) is 20.9. The molecule has 1 aromatic carbocycles. The van der Waals surface area contributed by atoms with Crippen LogP contribution in [0.15, 0.2) is 59.2 Å². The number of unbranched alkanes of at least 4 members (excludes halogenated alkanes) is 2. The Kier molecular flexibility index (Phi) is 8.67. The summed E-state index contributed by atoms with van der Waals surface area (Å²) in [5.41, 5.74) is 4.65. The second kappa shape index (κ2) is 11.4. The molecule has 1 aliphatic rings. The molecule has 5 heteroatoms. The van der Waals surface area contributed by atoms with Crippen LogP contribution in [0.4, 0.5) is 0 Å². The number of carbonyl (C=O) groups is 2. The molecule has 1 unspecified atom stereocenters. The molecule has 3 rings (SSSR count). The van der Waals surface area contributed by atoms with Gasteiger partial charge in [0.2, 0.25) is 0 Å². The summed E-state index contributed by atoms with van der Waals surface area (Å²) in [6, 6.07) is 14.5. The molecule has 4 nitrogen and oxygen atoms in total. The van der Waals surface area contributed by atoms with E-state index in [9.17, 15) is 9.59 Å². The van der Waals surface area contributed by atoms with Crippen molar-refractivity contribution in [3.05, 3.63) is 71.2 Å². The minimum absolute atomic E-state index is 0.0452. The summed E-state index contributed by atoms with van der Waals surface area (Å²) in [5, 5.41) is 0. The van der Waals surface area contributed by atoms with Crippen LogP contribution in [0, 0.1) is 0 Å². The molecule has 1 radical (unpaired) electrons. The van der Waals surface area contributed by atoms with Crippen LogP contribution >= 0.6 is 0 Å². The molecule has 30 heavy (non-hydrogen) atoms. The van der Waals surface area contributed by atoms with Crippen LogP contribution in [0.5, 0.6) is 0 Å². The molecule has 2 heterocycles. The second-order valence-corrected chi connectivity index (χ2v) is 15.2. The Morgan fingerprint density at radius 1 is 1.00 bits per heavy atom. The second-order valence-electron chi connectivity index (χ2n) is 7.81. The quantitative estimate of drug-likeness (QED) is 0.268. The minimum atomic E-state index is -2.07. The topological polar surface area (TPSA) is 51.4 Å². The van der Waals surface area contributed by atoms with E-state index in [0.29, 0.717) is 12.1 Å². The monoisotopic (exact) mass is 511 g/mol. The first kappa shape index (κ1) is 22.7. The van der Waals surface area contributed by atoms with Gasteiger partial charge in [-0.25, -0.2) is 0 Å². The van der Waals surface area contributed by atoms with Crippen molar-refractivity contribution in [2.75, 3.05) is 0 Å². The van der Waals surface area contributed by atoms with E-state index in [4.69, 9.17) is 0 Å². The van der Waals surface area contributed by atoms with E-state index in [1.54, 1.807) is 0 Å². The standard InChI is InChI=1S/C17H14N2O2.2C4H9.Sn/c20-10-13-6-8-15(18-13)17(12-4-2-1-3-5-12)16-9-7-14(11-21)19-16;2*1-3-4-2;/h1-6,8-11,17H,7H2,(H,18,20);2*1,3-4H2,2H3;/q;;;+1/p-1. The third-order valence-corrected chi connectivity index (χ3v) is 14.3. The van der Waals surface area contributed by atoms with Crippen molar-refractivity contribution < 1.29 is 9.59 Å². The van der Waals surface area contributed by atoms with Crippen LogP contribution in [0.2, 0.25) is 8.87 Å². The summed E-state index contributed by atoms with van der Waals surface area (Å²) >= 11 is -2.07. The summed E-state index contributed by atoms with van der Waals surface area (Å²) in [4.78, 5) is 27.9. The van der Waals surface area contributed by atoms with Crippen LogP contribution < -0.4 is 0 Å². The van der Waals surface area contributed by atoms with Gasteiger partial charge in [-0.05, 0) is 0 Å². The van der Waals surface area contributed by atoms with Gasteiger partial charge in [-0.15, -0.1) is 0 Å². The van der Waals surface area contributed by atoms with E-state index in [2.05, 4.69) is 45.9 Å². The Labute approximate surface area is 187 Å². The van der Waals surface area contributed by atoms with E-state index in [0.717, 1.165) is 29.5 Å². The van der Waals surface area contributed by atoms with Crippen LogP contribution in [0.25, 0.3) is 0 Å². The van der Waals surface area contributed by atoms with Gasteiger partial charge < -0.3 is 0 Å². The zero-order valence-electron chi connectivity index (χ0n) is 18.0. The van der Waals surface area contributed by atoms with E-state index in [1.165, 1.54) is 40.3 Å². The van der Waals surface area contributed by atoms with Crippen LogP contribution in [-0.4, -0.2) is 41.1 Å². The third-order valence-electron chi connectivity index (χ3n) is 5.67. The van der Waals surface area contributed by atoms with Crippen molar-refractivity contribution in [2.45, 2.75) is 60.7 Å². The van der Waals surface area contributed by atoms with Crippen LogP contribution in [0.3, 0.4) is 0 Å². The van der Waals surface area contributed by atoms with Crippen molar-refractivity contribution in [2.24, 2.45) is 4.99 Å². The number of aliphatic imine (C=N–C) groups is 1. The van der Waals surface area contributed by atoms with Crippen molar-refractivity contribution in [3.8, 4) is 0 Å². The fraction of sp³-hybridized carbons (Fsp3) is 0.400. The number of allylic oxidation sites excluding steroid dienone is 2. The average molecular weight is 510 g/mol. The SMILES string of the molecule is CCC[CH2][Sn]([CH2]CCC)[n]1c(C=O)ccc1C(C1=CCC(C=O)=N1)c1ccccc1. The number of hydrogen-bond acceptors (Lipinski definition) is 3. The number of rotatable bonds is 12. The van der Waals surface area contributed by atoms with Crippen LogP contribution in [0.1, 0.15) is 73.6 Å². The molecule has 0 fully saturated rings. The summed E-state index contributed by atoms with van der Waals surface area (Å²) in [7, 11) is 0. The van der Waals surface area contributed by atoms with Gasteiger partial charge in [-0.2, -0.15) is 0 Å². The molecule has 2 aromatic rings. The fourth-order valence-electron chi connectivity index (χ4n) is 4.12. The normalized spacial score (nSPS) is 14.5. The predicted octanol–water partition coefficient (Wildman–Crippen LogP) is 5.80. The summed E-state index contributed by atoms with van der Waals surface area (Å²) in [5.74, 6) is -0.0452. The van der Waals surface area contributed by atoms with Crippen molar-refractivity contribution in [1.29, 1.82) is 0 Å². The van der Waals surface area contributed by atoms with Gasteiger partial charge in [-0.3, -0.25) is 0 Å². The summed E-state index contributed by atoms with van der Waals surface area (Å²) in [6.07, 6.45) is 9.34. The van der Waals surface area contributed by atoms with Crippen LogP contribution in [-0.2, 0) is 4.79 Å². The molecule has 0 saturated carbocycles. The number of benzene rings is 1. The van der Waals surface area contributed by atoms with Gasteiger partial charge in [-0.1, -0.05) is 0 Å². The van der Waals surface area contributed by atoms with Gasteiger partial charge in [0.1, 0.15) is 0 Å². The molecule has 1 aliphatic heterocycles. The Balaban J connectivity index is 2.12. The van der Waals surface area contributed by atoms with Gasteiger partial charge >= 0.3 is 188 Å². The number of nitrogens with zero attached hydrogens (tertiary/aromatic N) is 2. The van der Waals surface area contributed by atoms with Gasteiger partial charge in [0, 0.05) is 0 Å². The molecule has 0 saturated heterocycles. The molecule has 0 amide bonds. The summed E-state index contributed by atoms with van der Waals surface area (Å²) < 4.78 is 4.96. The number of hydrogen-bond donors (Lipinski definition) is 0. The molecule has 0 spiro atoms. The molecule has 0 N–H and O–H groups in total. The van der Waals surface area contributed by atoms with Gasteiger partial charge in [0.05, 0.1) is 0 Å². The fourth-order valence-corrected chi connectivity index (χ4v) is 13.5. The number of carbonyl (C=O) groups excluding carboxylic acids is 2. The van der Waals surface area contributed by atoms with Crippen molar-refractivity contribution in [1.82, 2.24) is 2.79 Å². The van der Waals surface area contributed by atoms with Crippen molar-refractivity contribution >= 4 is 38.3 Å². The van der Waals surface area contributed by atoms with Crippen molar-refractivity contribution in [3.63, 3.8) is 0 Å². The molecule has 0 bridgehead atoms. The number of aromatic nitrogens is 1. The Morgan fingerprint density at radius 2 is 1.70 bits per heavy atom. The predicted molar refractivity (Wildman–Crippen MR) is 125 cm³/mol. The Hall–Kier alpha value is -1.95. The first-order valence-electron chi connectivity index (χ1n) is 11.0. The maximum atomic E-state index is 12.0. The average Bonchev–Trinajstić information content (AvgIpc) is 3.42. The third kappa shape index (κ3) is 5.20. The first-order valence-corrected chi connectivity index (χ1v) is 16.3. The van der Waals surface area contributed by atoms with Gasteiger partial charge in [0.25, 0.3) is 0 Å². The Bertz CT molecular complexity index is 906. The molecular weight excluding hydrogens is 479 g/mol. The van der Waals surface area contributed by atoms with Gasteiger partial charge in [0.15, 0.2) is 0 Å². The molecule has 1 aromatic heterocycles. The van der Waals surface area contributed by atoms with E-state index < -0.39 is 20.0 Å². The molecule has 1 atom stereocenters. The van der Waals surface area contributed by atoms with E-state index >= 15 is 0 Å².